The van der Waals surface area contributed by atoms with Gasteiger partial charge in [-0.05, 0) is 47.0 Å². The van der Waals surface area contributed by atoms with Crippen molar-refractivity contribution < 1.29 is 9.53 Å². The van der Waals surface area contributed by atoms with Crippen molar-refractivity contribution in [2.75, 3.05) is 25.5 Å². The second-order valence-electron chi connectivity index (χ2n) is 6.41. The standard InChI is InChI=1S/C19H20N6O2/c1-27-16-9-14(8-15(10-16)25-12-21-23-24-25)22-19(26)18-5-3-2-4-17(18)13-6-7-20-11-13/h2-5,8-10,12-13,20H,6-7,11H2,1H3,(H,22,26)/t13-/m0/s1. The van der Waals surface area contributed by atoms with E-state index >= 15 is 0 Å². The fourth-order valence-corrected chi connectivity index (χ4v) is 3.36. The molecule has 0 aliphatic carbocycles. The third-order valence-corrected chi connectivity index (χ3v) is 4.70. The molecule has 0 saturated carbocycles. The molecule has 0 radical (unpaired) electrons. The third kappa shape index (κ3) is 3.65. The Morgan fingerprint density at radius 2 is 2.19 bits per heavy atom. The fraction of sp³-hybridized carbons (Fsp3) is 0.263. The summed E-state index contributed by atoms with van der Waals surface area (Å²) in [7, 11) is 1.58. The zero-order chi connectivity index (χ0) is 18.6. The molecule has 1 amide bonds. The molecule has 2 heterocycles. The number of carbonyl (C=O) groups excluding carboxylic acids is 1. The first-order chi connectivity index (χ1) is 13.2. The fourth-order valence-electron chi connectivity index (χ4n) is 3.36. The second-order valence-corrected chi connectivity index (χ2v) is 6.41. The molecule has 1 aromatic heterocycles. The Hall–Kier alpha value is -3.26. The van der Waals surface area contributed by atoms with Gasteiger partial charge in [-0.15, -0.1) is 5.10 Å². The number of hydrogen-bond donors (Lipinski definition) is 2. The maximum atomic E-state index is 13.0. The largest absolute Gasteiger partial charge is 0.497 e. The zero-order valence-electron chi connectivity index (χ0n) is 14.9. The lowest BCUT2D eigenvalue weighted by Crippen LogP contribution is -2.17. The van der Waals surface area contributed by atoms with Gasteiger partial charge in [0.2, 0.25) is 0 Å². The van der Waals surface area contributed by atoms with Crippen LogP contribution in [-0.2, 0) is 0 Å². The SMILES string of the molecule is COc1cc(NC(=O)c2ccccc2[C@H]2CCNC2)cc(-n2cnnn2)c1. The Morgan fingerprint density at radius 1 is 1.30 bits per heavy atom. The molecule has 0 spiro atoms. The number of nitrogens with zero attached hydrogens (tertiary/aromatic N) is 4. The number of hydrogen-bond acceptors (Lipinski definition) is 6. The van der Waals surface area contributed by atoms with Gasteiger partial charge in [0.05, 0.1) is 12.8 Å². The predicted molar refractivity (Wildman–Crippen MR) is 100 cm³/mol. The minimum absolute atomic E-state index is 0.145. The van der Waals surface area contributed by atoms with Gasteiger partial charge in [0.15, 0.2) is 0 Å². The van der Waals surface area contributed by atoms with Gasteiger partial charge in [0.25, 0.3) is 5.91 Å². The zero-order valence-corrected chi connectivity index (χ0v) is 14.9. The van der Waals surface area contributed by atoms with Crippen molar-refractivity contribution in [1.29, 1.82) is 0 Å². The lowest BCUT2D eigenvalue weighted by atomic mass is 9.93. The summed E-state index contributed by atoms with van der Waals surface area (Å²) < 4.78 is 6.85. The molecule has 8 heteroatoms. The van der Waals surface area contributed by atoms with E-state index in [9.17, 15) is 4.79 Å². The van der Waals surface area contributed by atoms with Crippen LogP contribution in [0.15, 0.2) is 48.8 Å². The molecule has 1 fully saturated rings. The number of benzene rings is 2. The van der Waals surface area contributed by atoms with Crippen LogP contribution in [0.5, 0.6) is 5.75 Å². The van der Waals surface area contributed by atoms with Crippen molar-refractivity contribution in [3.05, 3.63) is 59.9 Å². The van der Waals surface area contributed by atoms with Crippen LogP contribution in [0.4, 0.5) is 5.69 Å². The van der Waals surface area contributed by atoms with Crippen LogP contribution in [0, 0.1) is 0 Å². The van der Waals surface area contributed by atoms with Crippen LogP contribution in [0.1, 0.15) is 28.3 Å². The van der Waals surface area contributed by atoms with E-state index in [0.29, 0.717) is 28.6 Å². The normalized spacial score (nSPS) is 16.3. The van der Waals surface area contributed by atoms with Crippen molar-refractivity contribution in [2.24, 2.45) is 0 Å². The molecule has 1 saturated heterocycles. The maximum absolute atomic E-state index is 13.0. The minimum atomic E-state index is -0.145. The van der Waals surface area contributed by atoms with E-state index in [0.717, 1.165) is 25.1 Å². The van der Waals surface area contributed by atoms with Crippen LogP contribution in [0.3, 0.4) is 0 Å². The second kappa shape index (κ2) is 7.55. The molecule has 1 aliphatic heterocycles. The molecule has 0 bridgehead atoms. The molecule has 138 valence electrons. The number of tetrazole rings is 1. The summed E-state index contributed by atoms with van der Waals surface area (Å²) in [4.78, 5) is 13.0. The molecular weight excluding hydrogens is 344 g/mol. The average molecular weight is 364 g/mol. The summed E-state index contributed by atoms with van der Waals surface area (Å²) in [6.45, 7) is 1.87. The molecule has 2 aromatic carbocycles. The first kappa shape index (κ1) is 17.2. The Morgan fingerprint density at radius 3 is 2.93 bits per heavy atom. The number of ether oxygens (including phenoxy) is 1. The van der Waals surface area contributed by atoms with E-state index in [1.54, 1.807) is 25.3 Å². The highest BCUT2D eigenvalue weighted by Crippen LogP contribution is 2.27. The molecule has 1 aliphatic rings. The highest BCUT2D eigenvalue weighted by Gasteiger charge is 2.22. The number of amides is 1. The van der Waals surface area contributed by atoms with Gasteiger partial charge in [-0.3, -0.25) is 4.79 Å². The number of rotatable bonds is 5. The first-order valence-electron chi connectivity index (χ1n) is 8.78. The van der Waals surface area contributed by atoms with Crippen molar-refractivity contribution in [3.63, 3.8) is 0 Å². The van der Waals surface area contributed by atoms with Gasteiger partial charge in [-0.1, -0.05) is 18.2 Å². The molecule has 8 nitrogen and oxygen atoms in total. The summed E-state index contributed by atoms with van der Waals surface area (Å²) in [5.74, 6) is 0.814. The average Bonchev–Trinajstić information content (AvgIpc) is 3.41. The number of anilines is 1. The third-order valence-electron chi connectivity index (χ3n) is 4.70. The van der Waals surface area contributed by atoms with E-state index in [2.05, 4.69) is 26.2 Å². The first-order valence-corrected chi connectivity index (χ1v) is 8.78. The van der Waals surface area contributed by atoms with Crippen LogP contribution in [0.25, 0.3) is 5.69 Å². The van der Waals surface area contributed by atoms with Crippen LogP contribution in [0.2, 0.25) is 0 Å². The summed E-state index contributed by atoms with van der Waals surface area (Å²) in [6, 6.07) is 13.1. The number of aromatic nitrogens is 4. The lowest BCUT2D eigenvalue weighted by molar-refractivity contribution is 0.102. The van der Waals surface area contributed by atoms with Crippen LogP contribution >= 0.6 is 0 Å². The molecule has 3 aromatic rings. The number of nitrogens with one attached hydrogen (secondary N) is 2. The van der Waals surface area contributed by atoms with Gasteiger partial charge in [0.1, 0.15) is 12.1 Å². The summed E-state index contributed by atoms with van der Waals surface area (Å²) in [5.41, 5.74) is 3.08. The van der Waals surface area contributed by atoms with E-state index in [1.165, 1.54) is 11.0 Å². The van der Waals surface area contributed by atoms with Gasteiger partial charge in [-0.25, -0.2) is 4.68 Å². The van der Waals surface area contributed by atoms with Crippen LogP contribution < -0.4 is 15.4 Å². The molecule has 2 N–H and O–H groups in total. The minimum Gasteiger partial charge on any atom is -0.497 e. The van der Waals surface area contributed by atoms with E-state index < -0.39 is 0 Å². The topological polar surface area (TPSA) is 94.0 Å². The maximum Gasteiger partial charge on any atom is 0.255 e. The molecule has 4 rings (SSSR count). The quantitative estimate of drug-likeness (QED) is 0.719. The monoisotopic (exact) mass is 364 g/mol. The van der Waals surface area contributed by atoms with E-state index in [-0.39, 0.29) is 5.91 Å². The van der Waals surface area contributed by atoms with Gasteiger partial charge >= 0.3 is 0 Å². The van der Waals surface area contributed by atoms with Gasteiger partial charge in [0, 0.05) is 29.9 Å². The van der Waals surface area contributed by atoms with Crippen molar-refractivity contribution in [3.8, 4) is 11.4 Å². The Balaban J connectivity index is 1.63. The Bertz CT molecular complexity index is 935. The van der Waals surface area contributed by atoms with Crippen molar-refractivity contribution >= 4 is 11.6 Å². The van der Waals surface area contributed by atoms with E-state index in [1.807, 2.05) is 24.3 Å². The van der Waals surface area contributed by atoms with Crippen LogP contribution in [-0.4, -0.2) is 46.3 Å². The van der Waals surface area contributed by atoms with Crippen molar-refractivity contribution in [1.82, 2.24) is 25.5 Å². The summed E-state index contributed by atoms with van der Waals surface area (Å²) in [6.07, 6.45) is 2.52. The lowest BCUT2D eigenvalue weighted by Gasteiger charge is -2.15. The highest BCUT2D eigenvalue weighted by molar-refractivity contribution is 6.05. The number of carbonyl (C=O) groups is 1. The molecule has 0 unspecified atom stereocenters. The Labute approximate surface area is 156 Å². The molecule has 1 atom stereocenters. The number of methoxy groups -OCH3 is 1. The van der Waals surface area contributed by atoms with E-state index in [4.69, 9.17) is 4.74 Å². The summed E-state index contributed by atoms with van der Waals surface area (Å²) in [5, 5.41) is 17.5. The summed E-state index contributed by atoms with van der Waals surface area (Å²) >= 11 is 0. The van der Waals surface area contributed by atoms with Crippen molar-refractivity contribution in [2.45, 2.75) is 12.3 Å². The molecular formula is C19H20N6O2. The van der Waals surface area contributed by atoms with Gasteiger partial charge < -0.3 is 15.4 Å². The molecule has 27 heavy (non-hydrogen) atoms. The van der Waals surface area contributed by atoms with Gasteiger partial charge in [-0.2, -0.15) is 0 Å². The Kier molecular flexibility index (Phi) is 4.80. The highest BCUT2D eigenvalue weighted by atomic mass is 16.5. The predicted octanol–water partition coefficient (Wildman–Crippen LogP) is 2.00. The smallest absolute Gasteiger partial charge is 0.255 e.